The molecule has 1 fully saturated rings. The van der Waals surface area contributed by atoms with Gasteiger partial charge in [-0.3, -0.25) is 0 Å². The van der Waals surface area contributed by atoms with Gasteiger partial charge >= 0.3 is 0 Å². The molecule has 1 aromatic carbocycles. The van der Waals surface area contributed by atoms with Crippen LogP contribution < -0.4 is 5.73 Å². The zero-order chi connectivity index (χ0) is 14.4. The largest absolute Gasteiger partial charge is 0.399 e. The highest BCUT2D eigenvalue weighted by Crippen LogP contribution is 2.41. The average Bonchev–Trinajstić information content (AvgIpc) is 3.13. The Kier molecular flexibility index (Phi) is 3.27. The Morgan fingerprint density at radius 3 is 2.86 bits per heavy atom. The van der Waals surface area contributed by atoms with E-state index in [9.17, 15) is 0 Å². The molecule has 108 valence electrons. The van der Waals surface area contributed by atoms with Crippen LogP contribution in [0.1, 0.15) is 29.5 Å². The molecule has 5 heteroatoms. The number of anilines is 1. The lowest BCUT2D eigenvalue weighted by Gasteiger charge is -2.08. The van der Waals surface area contributed by atoms with Crippen molar-refractivity contribution >= 4 is 44.0 Å². The van der Waals surface area contributed by atoms with Gasteiger partial charge in [0.05, 0.1) is 14.8 Å². The molecule has 21 heavy (non-hydrogen) atoms. The van der Waals surface area contributed by atoms with Crippen LogP contribution in [0.3, 0.4) is 0 Å². The molecule has 1 saturated carbocycles. The molecule has 0 bridgehead atoms. The van der Waals surface area contributed by atoms with Crippen molar-refractivity contribution in [1.82, 2.24) is 9.55 Å². The van der Waals surface area contributed by atoms with Gasteiger partial charge in [-0.05, 0) is 65.5 Å². The van der Waals surface area contributed by atoms with Gasteiger partial charge in [-0.2, -0.15) is 0 Å². The van der Waals surface area contributed by atoms with Gasteiger partial charge in [0.2, 0.25) is 0 Å². The first-order chi connectivity index (χ1) is 10.2. The molecule has 0 amide bonds. The second kappa shape index (κ2) is 5.14. The number of benzene rings is 1. The molecule has 4 rings (SSSR count). The number of nitrogen functional groups attached to an aromatic ring is 1. The first kappa shape index (κ1) is 13.3. The van der Waals surface area contributed by atoms with E-state index < -0.39 is 0 Å². The maximum Gasteiger partial charge on any atom is 0.113 e. The first-order valence-corrected chi connectivity index (χ1v) is 8.81. The second-order valence-electron chi connectivity index (χ2n) is 5.60. The number of rotatable bonds is 4. The molecule has 2 heterocycles. The zero-order valence-corrected chi connectivity index (χ0v) is 14.0. The summed E-state index contributed by atoms with van der Waals surface area (Å²) in [6.45, 7) is 0.985. The molecule has 1 aliphatic carbocycles. The van der Waals surface area contributed by atoms with E-state index >= 15 is 0 Å². The van der Waals surface area contributed by atoms with Gasteiger partial charge < -0.3 is 10.3 Å². The summed E-state index contributed by atoms with van der Waals surface area (Å²) in [4.78, 5) is 6.23. The number of aryl methyl sites for hydroxylation is 2. The minimum absolute atomic E-state index is 0.647. The number of aromatic nitrogens is 2. The third kappa shape index (κ3) is 2.60. The van der Waals surface area contributed by atoms with E-state index in [1.165, 1.54) is 32.8 Å². The van der Waals surface area contributed by atoms with Crippen LogP contribution in [0.2, 0.25) is 0 Å². The smallest absolute Gasteiger partial charge is 0.113 e. The summed E-state index contributed by atoms with van der Waals surface area (Å²) in [5.74, 6) is 1.89. The van der Waals surface area contributed by atoms with E-state index in [0.717, 1.165) is 24.2 Å². The highest BCUT2D eigenvalue weighted by molar-refractivity contribution is 9.11. The molecule has 0 aliphatic heterocycles. The molecule has 1 aliphatic rings. The third-order valence-corrected chi connectivity index (χ3v) is 5.64. The number of hydrogen-bond acceptors (Lipinski definition) is 3. The number of hydrogen-bond donors (Lipinski definition) is 1. The summed E-state index contributed by atoms with van der Waals surface area (Å²) in [6.07, 6.45) is 3.58. The molecule has 2 N–H and O–H groups in total. The van der Waals surface area contributed by atoms with Crippen molar-refractivity contribution in [2.45, 2.75) is 31.7 Å². The van der Waals surface area contributed by atoms with Crippen LogP contribution in [-0.4, -0.2) is 9.55 Å². The predicted molar refractivity (Wildman–Crippen MR) is 91.8 cm³/mol. The van der Waals surface area contributed by atoms with Crippen molar-refractivity contribution in [3.05, 3.63) is 44.8 Å². The van der Waals surface area contributed by atoms with Crippen LogP contribution in [0.4, 0.5) is 5.69 Å². The van der Waals surface area contributed by atoms with Gasteiger partial charge in [0.1, 0.15) is 5.82 Å². The van der Waals surface area contributed by atoms with Crippen molar-refractivity contribution < 1.29 is 0 Å². The fraction of sp³-hybridized carbons (Fsp3) is 0.312. The van der Waals surface area contributed by atoms with Gasteiger partial charge in [0, 0.05) is 23.0 Å². The van der Waals surface area contributed by atoms with Crippen molar-refractivity contribution in [1.29, 1.82) is 0 Å². The summed E-state index contributed by atoms with van der Waals surface area (Å²) < 4.78 is 3.59. The van der Waals surface area contributed by atoms with E-state index in [0.29, 0.717) is 5.92 Å². The molecule has 0 saturated heterocycles. The third-order valence-electron chi connectivity index (χ3n) is 3.95. The maximum atomic E-state index is 5.89. The summed E-state index contributed by atoms with van der Waals surface area (Å²) in [7, 11) is 0. The zero-order valence-electron chi connectivity index (χ0n) is 11.6. The summed E-state index contributed by atoms with van der Waals surface area (Å²) in [5.41, 5.74) is 8.92. The Labute approximate surface area is 135 Å². The monoisotopic (exact) mass is 361 g/mol. The van der Waals surface area contributed by atoms with Crippen LogP contribution >= 0.6 is 27.3 Å². The lowest BCUT2D eigenvalue weighted by Crippen LogP contribution is -2.04. The molecule has 3 aromatic rings. The van der Waals surface area contributed by atoms with Crippen LogP contribution in [0.25, 0.3) is 11.0 Å². The number of imidazole rings is 1. The van der Waals surface area contributed by atoms with E-state index in [1.807, 2.05) is 23.5 Å². The van der Waals surface area contributed by atoms with E-state index in [1.54, 1.807) is 0 Å². The molecule has 0 unspecified atom stereocenters. The topological polar surface area (TPSA) is 43.8 Å². The van der Waals surface area contributed by atoms with Gasteiger partial charge in [0.15, 0.2) is 0 Å². The van der Waals surface area contributed by atoms with Gasteiger partial charge in [-0.15, -0.1) is 11.3 Å². The van der Waals surface area contributed by atoms with Gasteiger partial charge in [-0.1, -0.05) is 0 Å². The Bertz CT molecular complexity index is 801. The predicted octanol–water partition coefficient (Wildman–Crippen LogP) is 4.56. The Hall–Kier alpha value is -1.33. The number of nitrogens with two attached hydrogens (primary N) is 1. The van der Waals surface area contributed by atoms with Crippen molar-refractivity contribution in [3.8, 4) is 0 Å². The molecule has 3 nitrogen and oxygen atoms in total. The minimum atomic E-state index is 0.647. The lowest BCUT2D eigenvalue weighted by molar-refractivity contribution is 0.675. The number of nitrogens with zero attached hydrogens (tertiary/aromatic N) is 2. The molecule has 0 spiro atoms. The molecule has 0 radical (unpaired) electrons. The minimum Gasteiger partial charge on any atom is -0.399 e. The Balaban J connectivity index is 1.70. The molecule has 0 atom stereocenters. The summed E-state index contributed by atoms with van der Waals surface area (Å²) >= 11 is 5.34. The molecular weight excluding hydrogens is 346 g/mol. The van der Waals surface area contributed by atoms with Crippen LogP contribution in [0, 0.1) is 0 Å². The maximum absolute atomic E-state index is 5.89. The van der Waals surface area contributed by atoms with E-state index in [-0.39, 0.29) is 0 Å². The van der Waals surface area contributed by atoms with Crippen molar-refractivity contribution in [3.63, 3.8) is 0 Å². The first-order valence-electron chi connectivity index (χ1n) is 7.20. The van der Waals surface area contributed by atoms with Crippen molar-refractivity contribution in [2.75, 3.05) is 5.73 Å². The second-order valence-corrected chi connectivity index (χ2v) is 8.15. The normalized spacial score (nSPS) is 14.9. The fourth-order valence-electron chi connectivity index (χ4n) is 2.76. The SMILES string of the molecule is Nc1ccc2c(c1)nc(C1CC1)n2CCc1ccc(Br)s1. The van der Waals surface area contributed by atoms with Crippen LogP contribution in [-0.2, 0) is 13.0 Å². The number of halogens is 1. The standard InChI is InChI=1S/C16H16BrN3S/c17-15-6-4-12(21-15)7-8-20-14-5-3-11(18)9-13(14)19-16(20)10-1-2-10/h3-6,9-10H,1-2,7-8,18H2. The van der Waals surface area contributed by atoms with E-state index in [4.69, 9.17) is 10.7 Å². The Morgan fingerprint density at radius 2 is 2.14 bits per heavy atom. The average molecular weight is 362 g/mol. The van der Waals surface area contributed by atoms with Crippen LogP contribution in [0.15, 0.2) is 34.1 Å². The summed E-state index contributed by atoms with van der Waals surface area (Å²) in [6, 6.07) is 10.4. The molecule has 2 aromatic heterocycles. The lowest BCUT2D eigenvalue weighted by atomic mass is 10.2. The fourth-order valence-corrected chi connectivity index (χ4v) is 4.23. The number of thiophene rings is 1. The van der Waals surface area contributed by atoms with Gasteiger partial charge in [0.25, 0.3) is 0 Å². The highest BCUT2D eigenvalue weighted by Gasteiger charge is 2.29. The number of fused-ring (bicyclic) bond motifs is 1. The quantitative estimate of drug-likeness (QED) is 0.692. The molecular formula is C16H16BrN3S. The summed E-state index contributed by atoms with van der Waals surface area (Å²) in [5, 5.41) is 0. The highest BCUT2D eigenvalue weighted by atomic mass is 79.9. The van der Waals surface area contributed by atoms with E-state index in [2.05, 4.69) is 38.7 Å². The van der Waals surface area contributed by atoms with Crippen molar-refractivity contribution in [2.24, 2.45) is 0 Å². The van der Waals surface area contributed by atoms with Crippen LogP contribution in [0.5, 0.6) is 0 Å². The Morgan fingerprint density at radius 1 is 1.29 bits per heavy atom. The van der Waals surface area contributed by atoms with Gasteiger partial charge in [-0.25, -0.2) is 4.98 Å².